The van der Waals surface area contributed by atoms with E-state index in [-0.39, 0.29) is 18.0 Å². The Labute approximate surface area is 130 Å². The average Bonchev–Trinajstić information content (AvgIpc) is 2.50. The van der Waals surface area contributed by atoms with Crippen molar-refractivity contribution in [3.05, 3.63) is 34.6 Å². The van der Waals surface area contributed by atoms with Crippen LogP contribution in [-0.2, 0) is 4.74 Å². The maximum absolute atomic E-state index is 14.3. The number of hydrogen-bond acceptors (Lipinski definition) is 3. The smallest absolute Gasteiger partial charge is 0.129 e. The molecule has 3 atom stereocenters. The van der Waals surface area contributed by atoms with Crippen LogP contribution in [0, 0.1) is 5.82 Å². The molecule has 21 heavy (non-hydrogen) atoms. The molecule has 0 radical (unpaired) electrons. The van der Waals surface area contributed by atoms with Crippen molar-refractivity contribution in [3.8, 4) is 0 Å². The summed E-state index contributed by atoms with van der Waals surface area (Å²) in [5.74, 6) is -0.267. The van der Waals surface area contributed by atoms with Gasteiger partial charge in [0.05, 0.1) is 18.8 Å². The molecule has 3 nitrogen and oxygen atoms in total. The fourth-order valence-corrected chi connectivity index (χ4v) is 3.88. The number of halogens is 2. The van der Waals surface area contributed by atoms with Crippen LogP contribution in [0.3, 0.4) is 0 Å². The molecule has 3 rings (SSSR count). The molecule has 1 aromatic carbocycles. The van der Waals surface area contributed by atoms with E-state index in [0.717, 1.165) is 19.4 Å². The lowest BCUT2D eigenvalue weighted by Crippen LogP contribution is -2.55. The molecule has 1 aliphatic carbocycles. The van der Waals surface area contributed by atoms with Crippen LogP contribution in [0.1, 0.15) is 37.3 Å². The highest BCUT2D eigenvalue weighted by Crippen LogP contribution is 2.35. The van der Waals surface area contributed by atoms with E-state index in [0.29, 0.717) is 29.8 Å². The van der Waals surface area contributed by atoms with Gasteiger partial charge in [-0.15, -0.1) is 0 Å². The number of rotatable bonds is 3. The second-order valence-electron chi connectivity index (χ2n) is 5.92. The molecule has 2 N–H and O–H groups in total. The minimum absolute atomic E-state index is 0.100. The van der Waals surface area contributed by atoms with Gasteiger partial charge in [0, 0.05) is 29.7 Å². The lowest BCUT2D eigenvalue weighted by molar-refractivity contribution is -0.102. The van der Waals surface area contributed by atoms with Crippen LogP contribution in [0.4, 0.5) is 4.39 Å². The van der Waals surface area contributed by atoms with Crippen LogP contribution in [-0.4, -0.2) is 36.7 Å². The first-order valence-electron chi connectivity index (χ1n) is 7.73. The van der Waals surface area contributed by atoms with E-state index < -0.39 is 0 Å². The Morgan fingerprint density at radius 1 is 1.38 bits per heavy atom. The molecule has 1 aliphatic heterocycles. The largest absolute Gasteiger partial charge is 0.375 e. The number of hydrogen-bond donors (Lipinski definition) is 1. The predicted octanol–water partition coefficient (Wildman–Crippen LogP) is 3.12. The van der Waals surface area contributed by atoms with Crippen molar-refractivity contribution in [2.75, 3.05) is 19.7 Å². The lowest BCUT2D eigenvalue weighted by Gasteiger charge is -2.47. The molecule has 5 heteroatoms. The van der Waals surface area contributed by atoms with Crippen LogP contribution >= 0.6 is 11.6 Å². The van der Waals surface area contributed by atoms with Gasteiger partial charge < -0.3 is 10.5 Å². The second-order valence-corrected chi connectivity index (χ2v) is 6.35. The summed E-state index contributed by atoms with van der Waals surface area (Å²) in [6.07, 6.45) is 4.91. The van der Waals surface area contributed by atoms with E-state index in [2.05, 4.69) is 4.90 Å². The molecule has 2 fully saturated rings. The topological polar surface area (TPSA) is 38.5 Å². The zero-order valence-corrected chi connectivity index (χ0v) is 12.9. The minimum Gasteiger partial charge on any atom is -0.375 e. The van der Waals surface area contributed by atoms with Gasteiger partial charge in [-0.05, 0) is 25.0 Å². The van der Waals surface area contributed by atoms with Crippen LogP contribution in [0.15, 0.2) is 18.2 Å². The predicted molar refractivity (Wildman–Crippen MR) is 81.9 cm³/mol. The summed E-state index contributed by atoms with van der Waals surface area (Å²) in [6, 6.07) is 5.13. The van der Waals surface area contributed by atoms with E-state index >= 15 is 0 Å². The highest BCUT2D eigenvalue weighted by atomic mass is 35.5. The Bertz CT molecular complexity index is 497. The zero-order chi connectivity index (χ0) is 14.8. The summed E-state index contributed by atoms with van der Waals surface area (Å²) in [6.45, 7) is 1.92. The van der Waals surface area contributed by atoms with Gasteiger partial charge in [0.1, 0.15) is 5.82 Å². The van der Waals surface area contributed by atoms with Gasteiger partial charge in [0.2, 0.25) is 0 Å². The Hall–Kier alpha value is -0.680. The number of nitrogens with zero attached hydrogens (tertiary/aromatic N) is 1. The zero-order valence-electron chi connectivity index (χ0n) is 12.1. The fraction of sp³-hybridized carbons (Fsp3) is 0.625. The Morgan fingerprint density at radius 2 is 2.19 bits per heavy atom. The van der Waals surface area contributed by atoms with E-state index in [9.17, 15) is 4.39 Å². The maximum atomic E-state index is 14.3. The van der Waals surface area contributed by atoms with E-state index in [1.807, 2.05) is 0 Å². The molecule has 1 heterocycles. The van der Waals surface area contributed by atoms with Crippen LogP contribution in [0.2, 0.25) is 5.02 Å². The third-order valence-corrected chi connectivity index (χ3v) is 4.96. The van der Waals surface area contributed by atoms with E-state index in [4.69, 9.17) is 22.1 Å². The SMILES string of the molecule is NCC(c1ccc(Cl)cc1F)N1CCOC2CCCCC21. The minimum atomic E-state index is -0.267. The molecular weight excluding hydrogens is 291 g/mol. The van der Waals surface area contributed by atoms with Gasteiger partial charge in [-0.25, -0.2) is 4.39 Å². The molecule has 0 aromatic heterocycles. The quantitative estimate of drug-likeness (QED) is 0.932. The van der Waals surface area contributed by atoms with Crippen molar-refractivity contribution in [1.29, 1.82) is 0 Å². The van der Waals surface area contributed by atoms with Gasteiger partial charge in [-0.3, -0.25) is 4.90 Å². The Kier molecular flexibility index (Phi) is 4.79. The first-order valence-corrected chi connectivity index (χ1v) is 8.11. The number of nitrogens with two attached hydrogens (primary N) is 1. The number of ether oxygens (including phenoxy) is 1. The molecule has 2 aliphatic rings. The second kappa shape index (κ2) is 6.61. The normalized spacial score (nSPS) is 28.1. The molecule has 1 saturated heterocycles. The molecule has 116 valence electrons. The van der Waals surface area contributed by atoms with Gasteiger partial charge >= 0.3 is 0 Å². The highest BCUT2D eigenvalue weighted by Gasteiger charge is 2.38. The lowest BCUT2D eigenvalue weighted by atomic mass is 9.88. The fourth-order valence-electron chi connectivity index (χ4n) is 3.73. The first-order chi connectivity index (χ1) is 10.2. The number of fused-ring (bicyclic) bond motifs is 1. The van der Waals surface area contributed by atoms with E-state index in [1.165, 1.54) is 18.9 Å². The molecule has 3 unspecified atom stereocenters. The third-order valence-electron chi connectivity index (χ3n) is 4.72. The summed E-state index contributed by atoms with van der Waals surface area (Å²) in [5, 5.41) is 0.421. The molecule has 1 saturated carbocycles. The van der Waals surface area contributed by atoms with Crippen LogP contribution in [0.25, 0.3) is 0 Å². The van der Waals surface area contributed by atoms with Crippen LogP contribution in [0.5, 0.6) is 0 Å². The standard InChI is InChI=1S/C16H22ClFN2O/c17-11-5-6-12(13(18)9-11)15(10-19)20-7-8-21-16-4-2-1-3-14(16)20/h5-6,9,14-16H,1-4,7-8,10,19H2. The summed E-state index contributed by atoms with van der Waals surface area (Å²) in [5.41, 5.74) is 6.63. The van der Waals surface area contributed by atoms with Crippen molar-refractivity contribution in [1.82, 2.24) is 4.90 Å². The highest BCUT2D eigenvalue weighted by molar-refractivity contribution is 6.30. The van der Waals surface area contributed by atoms with Crippen molar-refractivity contribution in [3.63, 3.8) is 0 Å². The Balaban J connectivity index is 1.87. The summed E-state index contributed by atoms with van der Waals surface area (Å²) < 4.78 is 20.2. The summed E-state index contributed by atoms with van der Waals surface area (Å²) >= 11 is 5.86. The molecular formula is C16H22ClFN2O. The van der Waals surface area contributed by atoms with Crippen molar-refractivity contribution < 1.29 is 9.13 Å². The number of morpholine rings is 1. The molecule has 0 spiro atoms. The van der Waals surface area contributed by atoms with Gasteiger partial charge in [-0.2, -0.15) is 0 Å². The molecule has 0 amide bonds. The third kappa shape index (κ3) is 3.09. The molecule has 0 bridgehead atoms. The Morgan fingerprint density at radius 3 is 2.95 bits per heavy atom. The summed E-state index contributed by atoms with van der Waals surface area (Å²) in [7, 11) is 0. The van der Waals surface area contributed by atoms with Crippen molar-refractivity contribution in [2.24, 2.45) is 5.73 Å². The van der Waals surface area contributed by atoms with Crippen molar-refractivity contribution >= 4 is 11.6 Å². The number of benzene rings is 1. The monoisotopic (exact) mass is 312 g/mol. The maximum Gasteiger partial charge on any atom is 0.129 e. The molecule has 1 aromatic rings. The summed E-state index contributed by atoms with van der Waals surface area (Å²) in [4.78, 5) is 2.35. The van der Waals surface area contributed by atoms with Crippen LogP contribution < -0.4 is 5.73 Å². The first kappa shape index (κ1) is 15.2. The van der Waals surface area contributed by atoms with Gasteiger partial charge in [0.25, 0.3) is 0 Å². The van der Waals surface area contributed by atoms with Gasteiger partial charge in [-0.1, -0.05) is 30.5 Å². The average molecular weight is 313 g/mol. The van der Waals surface area contributed by atoms with Crippen molar-refractivity contribution in [2.45, 2.75) is 43.9 Å². The van der Waals surface area contributed by atoms with E-state index in [1.54, 1.807) is 12.1 Å². The van der Waals surface area contributed by atoms with Gasteiger partial charge in [0.15, 0.2) is 0 Å².